The summed E-state index contributed by atoms with van der Waals surface area (Å²) in [6.45, 7) is 0. The number of benzene rings is 1. The molecular formula is C10H10N2O2. The Labute approximate surface area is 81.3 Å². The number of carbonyl (C=O) groups excluding carboxylic acids is 2. The van der Waals surface area contributed by atoms with Gasteiger partial charge in [0.15, 0.2) is 0 Å². The SMILES string of the molecule is CN1C(=O)Cc2cccc(N)c2C1=O. The van der Waals surface area contributed by atoms with E-state index in [4.69, 9.17) is 5.73 Å². The second kappa shape index (κ2) is 2.83. The van der Waals surface area contributed by atoms with E-state index in [0.29, 0.717) is 11.3 Å². The molecule has 0 radical (unpaired) electrons. The first-order valence-corrected chi connectivity index (χ1v) is 4.29. The maximum atomic E-state index is 11.7. The minimum Gasteiger partial charge on any atom is -0.398 e. The summed E-state index contributed by atoms with van der Waals surface area (Å²) in [6.07, 6.45) is 0.253. The molecule has 1 aliphatic heterocycles. The number of imide groups is 1. The Bertz CT molecular complexity index is 426. The fourth-order valence-corrected chi connectivity index (χ4v) is 1.59. The van der Waals surface area contributed by atoms with Gasteiger partial charge in [0.25, 0.3) is 5.91 Å². The van der Waals surface area contributed by atoms with Gasteiger partial charge >= 0.3 is 0 Å². The number of anilines is 1. The molecule has 0 spiro atoms. The number of hydrogen-bond donors (Lipinski definition) is 1. The summed E-state index contributed by atoms with van der Waals surface area (Å²) in [5.74, 6) is -0.498. The maximum Gasteiger partial charge on any atom is 0.262 e. The average Bonchev–Trinajstić information content (AvgIpc) is 2.14. The van der Waals surface area contributed by atoms with Crippen molar-refractivity contribution in [2.75, 3.05) is 12.8 Å². The molecule has 1 aromatic carbocycles. The largest absolute Gasteiger partial charge is 0.398 e. The highest BCUT2D eigenvalue weighted by Crippen LogP contribution is 2.23. The van der Waals surface area contributed by atoms with Gasteiger partial charge in [-0.25, -0.2) is 0 Å². The molecule has 0 fully saturated rings. The first-order valence-electron chi connectivity index (χ1n) is 4.29. The Kier molecular flexibility index (Phi) is 1.77. The molecule has 0 saturated heterocycles. The van der Waals surface area contributed by atoms with Crippen molar-refractivity contribution in [3.63, 3.8) is 0 Å². The Hall–Kier alpha value is -1.84. The van der Waals surface area contributed by atoms with Crippen molar-refractivity contribution in [3.8, 4) is 0 Å². The van der Waals surface area contributed by atoms with E-state index in [1.807, 2.05) is 0 Å². The summed E-state index contributed by atoms with van der Waals surface area (Å²) in [7, 11) is 1.47. The number of nitrogen functional groups attached to an aromatic ring is 1. The zero-order chi connectivity index (χ0) is 10.3. The monoisotopic (exact) mass is 190 g/mol. The zero-order valence-corrected chi connectivity index (χ0v) is 7.78. The van der Waals surface area contributed by atoms with Crippen LogP contribution in [0.1, 0.15) is 15.9 Å². The Morgan fingerprint density at radius 3 is 2.79 bits per heavy atom. The molecular weight excluding hydrogens is 180 g/mol. The second-order valence-electron chi connectivity index (χ2n) is 3.32. The number of hydrogen-bond acceptors (Lipinski definition) is 3. The number of nitrogens with two attached hydrogens (primary N) is 1. The predicted octanol–water partition coefficient (Wildman–Crippen LogP) is 0.424. The summed E-state index contributed by atoms with van der Waals surface area (Å²) in [6, 6.07) is 5.18. The highest BCUT2D eigenvalue weighted by Gasteiger charge is 2.29. The predicted molar refractivity (Wildman–Crippen MR) is 51.7 cm³/mol. The minimum absolute atomic E-state index is 0.187. The molecule has 0 unspecified atom stereocenters. The lowest BCUT2D eigenvalue weighted by Gasteiger charge is -2.23. The topological polar surface area (TPSA) is 63.4 Å². The van der Waals surface area contributed by atoms with Gasteiger partial charge in [0.05, 0.1) is 12.0 Å². The van der Waals surface area contributed by atoms with E-state index in [0.717, 1.165) is 10.5 Å². The van der Waals surface area contributed by atoms with Gasteiger partial charge in [-0.3, -0.25) is 14.5 Å². The van der Waals surface area contributed by atoms with E-state index in [1.165, 1.54) is 7.05 Å². The smallest absolute Gasteiger partial charge is 0.262 e. The lowest BCUT2D eigenvalue weighted by atomic mass is 9.97. The van der Waals surface area contributed by atoms with Gasteiger partial charge in [0.1, 0.15) is 0 Å². The summed E-state index contributed by atoms with van der Waals surface area (Å²) in [5, 5.41) is 0. The zero-order valence-electron chi connectivity index (χ0n) is 7.78. The van der Waals surface area contributed by atoms with Gasteiger partial charge in [-0.05, 0) is 11.6 Å². The number of likely N-dealkylation sites (N-methyl/N-ethyl adjacent to an activating group) is 1. The number of amides is 2. The van der Waals surface area contributed by atoms with E-state index < -0.39 is 0 Å². The van der Waals surface area contributed by atoms with E-state index >= 15 is 0 Å². The Morgan fingerprint density at radius 1 is 1.36 bits per heavy atom. The van der Waals surface area contributed by atoms with Crippen molar-refractivity contribution in [1.82, 2.24) is 4.90 Å². The van der Waals surface area contributed by atoms with Crippen LogP contribution in [0.15, 0.2) is 18.2 Å². The van der Waals surface area contributed by atoms with Crippen LogP contribution in [0.25, 0.3) is 0 Å². The first-order chi connectivity index (χ1) is 6.61. The van der Waals surface area contributed by atoms with Gasteiger partial charge in [-0.2, -0.15) is 0 Å². The highest BCUT2D eigenvalue weighted by molar-refractivity contribution is 6.12. The molecule has 0 saturated carbocycles. The molecule has 14 heavy (non-hydrogen) atoms. The molecule has 2 rings (SSSR count). The Morgan fingerprint density at radius 2 is 2.07 bits per heavy atom. The van der Waals surface area contributed by atoms with Crippen molar-refractivity contribution in [2.45, 2.75) is 6.42 Å². The molecule has 0 bridgehead atoms. The summed E-state index contributed by atoms with van der Waals surface area (Å²) >= 11 is 0. The average molecular weight is 190 g/mol. The molecule has 4 nitrogen and oxygen atoms in total. The minimum atomic E-state index is -0.311. The van der Waals surface area contributed by atoms with Gasteiger partial charge < -0.3 is 5.73 Å². The van der Waals surface area contributed by atoms with Gasteiger partial charge in [-0.15, -0.1) is 0 Å². The van der Waals surface area contributed by atoms with E-state index in [9.17, 15) is 9.59 Å². The van der Waals surface area contributed by atoms with Crippen LogP contribution in [-0.2, 0) is 11.2 Å². The lowest BCUT2D eigenvalue weighted by molar-refractivity contribution is -0.127. The molecule has 0 aromatic heterocycles. The first kappa shape index (κ1) is 8.74. The molecule has 1 aliphatic rings. The molecule has 4 heteroatoms. The molecule has 2 N–H and O–H groups in total. The van der Waals surface area contributed by atoms with Crippen LogP contribution in [0.4, 0.5) is 5.69 Å². The van der Waals surface area contributed by atoms with Crippen molar-refractivity contribution in [2.24, 2.45) is 0 Å². The quantitative estimate of drug-likeness (QED) is 0.476. The van der Waals surface area contributed by atoms with E-state index in [1.54, 1.807) is 18.2 Å². The summed E-state index contributed by atoms with van der Waals surface area (Å²) < 4.78 is 0. The van der Waals surface area contributed by atoms with Crippen LogP contribution in [0.3, 0.4) is 0 Å². The summed E-state index contributed by atoms with van der Waals surface area (Å²) in [5.41, 5.74) is 7.31. The molecule has 0 atom stereocenters. The van der Waals surface area contributed by atoms with E-state index in [-0.39, 0.29) is 18.2 Å². The van der Waals surface area contributed by atoms with Crippen LogP contribution in [0.2, 0.25) is 0 Å². The van der Waals surface area contributed by atoms with E-state index in [2.05, 4.69) is 0 Å². The standard InChI is InChI=1S/C10H10N2O2/c1-12-8(13)5-6-3-2-4-7(11)9(6)10(12)14/h2-4H,5,11H2,1H3. The molecule has 2 amide bonds. The number of rotatable bonds is 0. The van der Waals surface area contributed by atoms with Crippen molar-refractivity contribution in [3.05, 3.63) is 29.3 Å². The number of nitrogens with zero attached hydrogens (tertiary/aromatic N) is 1. The third-order valence-corrected chi connectivity index (χ3v) is 2.42. The van der Waals surface area contributed by atoms with Crippen LogP contribution in [0.5, 0.6) is 0 Å². The number of fused-ring (bicyclic) bond motifs is 1. The fourth-order valence-electron chi connectivity index (χ4n) is 1.59. The Balaban J connectivity index is 2.62. The van der Waals surface area contributed by atoms with Crippen LogP contribution < -0.4 is 5.73 Å². The maximum absolute atomic E-state index is 11.7. The van der Waals surface area contributed by atoms with Gasteiger partial charge in [0, 0.05) is 12.7 Å². The van der Waals surface area contributed by atoms with Gasteiger partial charge in [-0.1, -0.05) is 12.1 Å². The molecule has 1 heterocycles. The van der Waals surface area contributed by atoms with Crippen LogP contribution >= 0.6 is 0 Å². The van der Waals surface area contributed by atoms with Crippen molar-refractivity contribution in [1.29, 1.82) is 0 Å². The van der Waals surface area contributed by atoms with Gasteiger partial charge in [0.2, 0.25) is 5.91 Å². The molecule has 72 valence electrons. The van der Waals surface area contributed by atoms with Crippen molar-refractivity contribution >= 4 is 17.5 Å². The fraction of sp³-hybridized carbons (Fsp3) is 0.200. The summed E-state index contributed by atoms with van der Waals surface area (Å²) in [4.78, 5) is 24.1. The molecule has 1 aromatic rings. The van der Waals surface area contributed by atoms with Crippen molar-refractivity contribution < 1.29 is 9.59 Å². The molecule has 0 aliphatic carbocycles. The third-order valence-electron chi connectivity index (χ3n) is 2.42. The second-order valence-corrected chi connectivity index (χ2v) is 3.32. The van der Waals surface area contributed by atoms with Crippen LogP contribution in [0, 0.1) is 0 Å². The lowest BCUT2D eigenvalue weighted by Crippen LogP contribution is -2.39. The normalized spacial score (nSPS) is 15.6. The third kappa shape index (κ3) is 1.08. The van der Waals surface area contributed by atoms with Crippen LogP contribution in [-0.4, -0.2) is 23.8 Å². The highest BCUT2D eigenvalue weighted by atomic mass is 16.2. The number of carbonyl (C=O) groups is 2.